The second-order valence-corrected chi connectivity index (χ2v) is 6.52. The van der Waals surface area contributed by atoms with E-state index in [0.29, 0.717) is 4.47 Å². The fourth-order valence-corrected chi connectivity index (χ4v) is 3.27. The van der Waals surface area contributed by atoms with E-state index in [1.54, 1.807) is 0 Å². The second kappa shape index (κ2) is 7.30. The Morgan fingerprint density at radius 2 is 2.11 bits per heavy atom. The van der Waals surface area contributed by atoms with E-state index in [2.05, 4.69) is 15.9 Å². The summed E-state index contributed by atoms with van der Waals surface area (Å²) >= 11 is 3.06. The summed E-state index contributed by atoms with van der Waals surface area (Å²) in [6, 6.07) is 3.72. The minimum Gasteiger partial charge on any atom is -0.395 e. The molecule has 0 saturated carbocycles. The monoisotopic (exact) mass is 355 g/mol. The minimum absolute atomic E-state index is 0.0505. The SMILES string of the molecule is COCCN(CCO)S(=O)(=O)c1ccc(Br)cc1F. The first-order valence-electron chi connectivity index (χ1n) is 5.48. The van der Waals surface area contributed by atoms with Crippen molar-refractivity contribution in [2.45, 2.75) is 4.90 Å². The molecule has 0 fully saturated rings. The van der Waals surface area contributed by atoms with Crippen molar-refractivity contribution in [1.82, 2.24) is 4.31 Å². The second-order valence-electron chi connectivity index (χ2n) is 3.70. The lowest BCUT2D eigenvalue weighted by molar-refractivity contribution is 0.168. The molecule has 0 saturated heterocycles. The molecule has 0 radical (unpaired) electrons. The van der Waals surface area contributed by atoms with Gasteiger partial charge in [0.2, 0.25) is 10.0 Å². The molecule has 0 aromatic heterocycles. The van der Waals surface area contributed by atoms with Crippen LogP contribution < -0.4 is 0 Å². The highest BCUT2D eigenvalue weighted by molar-refractivity contribution is 9.10. The highest BCUT2D eigenvalue weighted by Crippen LogP contribution is 2.22. The average molecular weight is 356 g/mol. The molecular formula is C11H15BrFNO4S. The lowest BCUT2D eigenvalue weighted by Crippen LogP contribution is -2.36. The van der Waals surface area contributed by atoms with Crippen LogP contribution in [-0.4, -0.2) is 51.2 Å². The molecule has 0 heterocycles. The quantitative estimate of drug-likeness (QED) is 0.798. The number of hydrogen-bond acceptors (Lipinski definition) is 4. The lowest BCUT2D eigenvalue weighted by Gasteiger charge is -2.21. The molecule has 0 aliphatic rings. The molecule has 1 rings (SSSR count). The predicted octanol–water partition coefficient (Wildman–Crippen LogP) is 1.22. The van der Waals surface area contributed by atoms with Crippen LogP contribution in [0.4, 0.5) is 4.39 Å². The first kappa shape index (κ1) is 16.5. The van der Waals surface area contributed by atoms with Crippen molar-refractivity contribution in [2.75, 3.05) is 33.4 Å². The van der Waals surface area contributed by atoms with Gasteiger partial charge in [-0.25, -0.2) is 12.8 Å². The Morgan fingerprint density at radius 3 is 2.63 bits per heavy atom. The molecule has 19 heavy (non-hydrogen) atoms. The van der Waals surface area contributed by atoms with E-state index in [0.717, 1.165) is 10.4 Å². The molecule has 0 atom stereocenters. The van der Waals surface area contributed by atoms with Crippen LogP contribution in [0.2, 0.25) is 0 Å². The maximum Gasteiger partial charge on any atom is 0.246 e. The Bertz CT molecular complexity index is 523. The van der Waals surface area contributed by atoms with E-state index in [4.69, 9.17) is 9.84 Å². The van der Waals surface area contributed by atoms with E-state index in [-0.39, 0.29) is 26.3 Å². The summed E-state index contributed by atoms with van der Waals surface area (Å²) in [4.78, 5) is -0.416. The number of methoxy groups -OCH3 is 1. The van der Waals surface area contributed by atoms with E-state index in [9.17, 15) is 12.8 Å². The number of halogens is 2. The summed E-state index contributed by atoms with van der Waals surface area (Å²) in [6.45, 7) is -0.242. The zero-order valence-corrected chi connectivity index (χ0v) is 12.7. The van der Waals surface area contributed by atoms with Crippen LogP contribution in [0.1, 0.15) is 0 Å². The number of rotatable bonds is 7. The van der Waals surface area contributed by atoms with Gasteiger partial charge >= 0.3 is 0 Å². The average Bonchev–Trinajstić information content (AvgIpc) is 2.33. The maximum absolute atomic E-state index is 13.7. The predicted molar refractivity (Wildman–Crippen MR) is 71.8 cm³/mol. The van der Waals surface area contributed by atoms with Gasteiger partial charge in [-0.3, -0.25) is 0 Å². The number of ether oxygens (including phenoxy) is 1. The largest absolute Gasteiger partial charge is 0.395 e. The number of benzene rings is 1. The fraction of sp³-hybridized carbons (Fsp3) is 0.455. The zero-order valence-electron chi connectivity index (χ0n) is 10.3. The maximum atomic E-state index is 13.7. The van der Waals surface area contributed by atoms with Crippen molar-refractivity contribution >= 4 is 26.0 Å². The molecule has 8 heteroatoms. The van der Waals surface area contributed by atoms with E-state index in [1.165, 1.54) is 19.2 Å². The van der Waals surface area contributed by atoms with Gasteiger partial charge in [0.15, 0.2) is 0 Å². The van der Waals surface area contributed by atoms with Crippen LogP contribution in [0, 0.1) is 5.82 Å². The molecule has 0 amide bonds. The molecule has 108 valence electrons. The molecule has 0 unspecified atom stereocenters. The Kier molecular flexibility index (Phi) is 6.34. The molecule has 1 aromatic carbocycles. The smallest absolute Gasteiger partial charge is 0.246 e. The highest BCUT2D eigenvalue weighted by Gasteiger charge is 2.26. The third-order valence-electron chi connectivity index (χ3n) is 2.41. The van der Waals surface area contributed by atoms with E-state index >= 15 is 0 Å². The summed E-state index contributed by atoms with van der Waals surface area (Å²) in [5, 5.41) is 8.91. The Hall–Kier alpha value is -0.540. The molecular weight excluding hydrogens is 341 g/mol. The highest BCUT2D eigenvalue weighted by atomic mass is 79.9. The van der Waals surface area contributed by atoms with Crippen molar-refractivity contribution in [1.29, 1.82) is 0 Å². The van der Waals surface area contributed by atoms with Crippen LogP contribution >= 0.6 is 15.9 Å². The first-order chi connectivity index (χ1) is 8.93. The molecule has 1 N–H and O–H groups in total. The van der Waals surface area contributed by atoms with Gasteiger partial charge in [0.05, 0.1) is 13.2 Å². The van der Waals surface area contributed by atoms with Crippen LogP contribution in [-0.2, 0) is 14.8 Å². The standard InChI is InChI=1S/C11H15BrFNO4S/c1-18-7-5-14(4-6-15)19(16,17)11-3-2-9(12)8-10(11)13/h2-3,8,15H,4-7H2,1H3. The summed E-state index contributed by atoms with van der Waals surface area (Å²) in [7, 11) is -2.55. The van der Waals surface area contributed by atoms with Gasteiger partial charge in [-0.15, -0.1) is 0 Å². The van der Waals surface area contributed by atoms with Crippen molar-refractivity contribution in [3.63, 3.8) is 0 Å². The van der Waals surface area contributed by atoms with Gasteiger partial charge in [-0.05, 0) is 18.2 Å². The number of nitrogens with zero attached hydrogens (tertiary/aromatic N) is 1. The van der Waals surface area contributed by atoms with Crippen molar-refractivity contribution in [3.8, 4) is 0 Å². The topological polar surface area (TPSA) is 66.8 Å². The van der Waals surface area contributed by atoms with Gasteiger partial charge in [-0.2, -0.15) is 4.31 Å². The Morgan fingerprint density at radius 1 is 1.42 bits per heavy atom. The fourth-order valence-electron chi connectivity index (χ4n) is 1.48. The number of aliphatic hydroxyl groups is 1. The van der Waals surface area contributed by atoms with Crippen molar-refractivity contribution in [2.24, 2.45) is 0 Å². The Balaban J connectivity index is 3.11. The number of aliphatic hydroxyl groups excluding tert-OH is 1. The van der Waals surface area contributed by atoms with Crippen molar-refractivity contribution < 1.29 is 22.7 Å². The minimum atomic E-state index is -3.99. The van der Waals surface area contributed by atoms with Gasteiger partial charge in [0, 0.05) is 24.7 Å². The molecule has 0 aliphatic heterocycles. The summed E-state index contributed by atoms with van der Waals surface area (Å²) in [5.74, 6) is -0.838. The third kappa shape index (κ3) is 4.22. The van der Waals surface area contributed by atoms with Gasteiger partial charge in [-0.1, -0.05) is 15.9 Å². The first-order valence-corrected chi connectivity index (χ1v) is 7.71. The van der Waals surface area contributed by atoms with E-state index < -0.39 is 20.7 Å². The summed E-state index contributed by atoms with van der Waals surface area (Å²) in [6.07, 6.45) is 0. The van der Waals surface area contributed by atoms with Crippen LogP contribution in [0.5, 0.6) is 0 Å². The zero-order chi connectivity index (χ0) is 14.5. The van der Waals surface area contributed by atoms with E-state index in [1.807, 2.05) is 0 Å². The van der Waals surface area contributed by atoms with Crippen molar-refractivity contribution in [3.05, 3.63) is 28.5 Å². The van der Waals surface area contributed by atoms with Gasteiger partial charge in [0.25, 0.3) is 0 Å². The van der Waals surface area contributed by atoms with Gasteiger partial charge in [0.1, 0.15) is 10.7 Å². The van der Waals surface area contributed by atoms with Crippen LogP contribution in [0.3, 0.4) is 0 Å². The molecule has 5 nitrogen and oxygen atoms in total. The Labute approximate surface area is 120 Å². The number of sulfonamides is 1. The van der Waals surface area contributed by atoms with Crippen LogP contribution in [0.25, 0.3) is 0 Å². The molecule has 1 aromatic rings. The molecule has 0 spiro atoms. The summed E-state index contributed by atoms with van der Waals surface area (Å²) in [5.41, 5.74) is 0. The van der Waals surface area contributed by atoms with Gasteiger partial charge < -0.3 is 9.84 Å². The van der Waals surface area contributed by atoms with Crippen LogP contribution in [0.15, 0.2) is 27.6 Å². The normalized spacial score (nSPS) is 12.1. The molecule has 0 bridgehead atoms. The summed E-state index contributed by atoms with van der Waals surface area (Å²) < 4.78 is 44.5. The molecule has 0 aliphatic carbocycles. The number of hydrogen-bond donors (Lipinski definition) is 1. The third-order valence-corrected chi connectivity index (χ3v) is 4.83. The lowest BCUT2D eigenvalue weighted by atomic mass is 10.3.